The third-order valence-corrected chi connectivity index (χ3v) is 3.80. The lowest BCUT2D eigenvalue weighted by atomic mass is 9.98. The summed E-state index contributed by atoms with van der Waals surface area (Å²) in [7, 11) is 0. The van der Waals surface area contributed by atoms with Gasteiger partial charge < -0.3 is 10.6 Å². The molecule has 1 saturated heterocycles. The summed E-state index contributed by atoms with van der Waals surface area (Å²) in [6.45, 7) is 3.90. The summed E-state index contributed by atoms with van der Waals surface area (Å²) in [4.78, 5) is 18.3. The summed E-state index contributed by atoms with van der Waals surface area (Å²) in [6.07, 6.45) is 7.80. The fourth-order valence-corrected chi connectivity index (χ4v) is 2.53. The lowest BCUT2D eigenvalue weighted by Gasteiger charge is -2.21. The number of likely N-dealkylation sites (tertiary alicyclic amines) is 1. The van der Waals surface area contributed by atoms with Gasteiger partial charge in [0.2, 0.25) is 0 Å². The first-order chi connectivity index (χ1) is 8.72. The van der Waals surface area contributed by atoms with Gasteiger partial charge in [-0.2, -0.15) is 0 Å². The van der Waals surface area contributed by atoms with Gasteiger partial charge in [-0.05, 0) is 31.2 Å². The van der Waals surface area contributed by atoms with Crippen molar-refractivity contribution in [2.75, 3.05) is 18.8 Å². The van der Waals surface area contributed by atoms with Crippen LogP contribution in [0.25, 0.3) is 0 Å². The molecule has 1 amide bonds. The van der Waals surface area contributed by atoms with Crippen molar-refractivity contribution in [3.63, 3.8) is 0 Å². The van der Waals surface area contributed by atoms with Gasteiger partial charge in [0.1, 0.15) is 0 Å². The zero-order chi connectivity index (χ0) is 13.0. The Bertz CT molecular complexity index is 419. The summed E-state index contributed by atoms with van der Waals surface area (Å²) in [5.74, 6) is 0.784. The minimum atomic E-state index is 0.0253. The number of nitrogens with two attached hydrogens (primary N) is 1. The van der Waals surface area contributed by atoms with Crippen LogP contribution in [0.5, 0.6) is 0 Å². The normalized spacial score (nSPS) is 20.5. The van der Waals surface area contributed by atoms with Gasteiger partial charge in [0.05, 0.1) is 5.56 Å². The Hall–Kier alpha value is -1.58. The Balaban J connectivity index is 2.08. The number of hydrogen-bond acceptors (Lipinski definition) is 3. The molecule has 0 saturated carbocycles. The van der Waals surface area contributed by atoms with Crippen molar-refractivity contribution >= 4 is 11.6 Å². The van der Waals surface area contributed by atoms with Crippen LogP contribution in [0.4, 0.5) is 5.69 Å². The van der Waals surface area contributed by atoms with Crippen molar-refractivity contribution in [1.82, 2.24) is 9.88 Å². The summed E-state index contributed by atoms with van der Waals surface area (Å²) in [6, 6.07) is 1.68. The molecule has 1 aliphatic heterocycles. The van der Waals surface area contributed by atoms with Crippen molar-refractivity contribution in [2.24, 2.45) is 5.92 Å². The van der Waals surface area contributed by atoms with E-state index < -0.39 is 0 Å². The zero-order valence-electron chi connectivity index (χ0n) is 10.9. The Kier molecular flexibility index (Phi) is 4.18. The van der Waals surface area contributed by atoms with E-state index in [1.807, 2.05) is 4.90 Å². The highest BCUT2D eigenvalue weighted by Crippen LogP contribution is 2.22. The maximum atomic E-state index is 12.4. The topological polar surface area (TPSA) is 59.2 Å². The van der Waals surface area contributed by atoms with Crippen LogP contribution < -0.4 is 5.73 Å². The first kappa shape index (κ1) is 12.9. The predicted molar refractivity (Wildman–Crippen MR) is 72.2 cm³/mol. The van der Waals surface area contributed by atoms with Gasteiger partial charge in [-0.1, -0.05) is 13.3 Å². The quantitative estimate of drug-likeness (QED) is 0.872. The van der Waals surface area contributed by atoms with Crippen LogP contribution in [0.2, 0.25) is 0 Å². The molecule has 0 aliphatic carbocycles. The molecule has 1 unspecified atom stereocenters. The van der Waals surface area contributed by atoms with E-state index >= 15 is 0 Å². The molecular formula is C14H21N3O. The number of pyridine rings is 1. The molecule has 0 radical (unpaired) electrons. The molecule has 98 valence electrons. The van der Waals surface area contributed by atoms with Crippen molar-refractivity contribution in [2.45, 2.75) is 32.6 Å². The SMILES string of the molecule is CCC1CCCN(C(=O)c2cnccc2N)CC1. The molecule has 18 heavy (non-hydrogen) atoms. The first-order valence-corrected chi connectivity index (χ1v) is 6.71. The number of carbonyl (C=O) groups excluding carboxylic acids is 1. The minimum absolute atomic E-state index is 0.0253. The summed E-state index contributed by atoms with van der Waals surface area (Å²) < 4.78 is 0. The third-order valence-electron chi connectivity index (χ3n) is 3.80. The Morgan fingerprint density at radius 2 is 2.33 bits per heavy atom. The fourth-order valence-electron chi connectivity index (χ4n) is 2.53. The van der Waals surface area contributed by atoms with Crippen LogP contribution in [-0.2, 0) is 0 Å². The number of nitrogen functional groups attached to an aromatic ring is 1. The van der Waals surface area contributed by atoms with Crippen LogP contribution in [-0.4, -0.2) is 28.9 Å². The van der Waals surface area contributed by atoms with Crippen LogP contribution >= 0.6 is 0 Å². The Morgan fingerprint density at radius 3 is 3.06 bits per heavy atom. The largest absolute Gasteiger partial charge is 0.398 e. The number of anilines is 1. The lowest BCUT2D eigenvalue weighted by molar-refractivity contribution is 0.0760. The minimum Gasteiger partial charge on any atom is -0.398 e. The van der Waals surface area contributed by atoms with E-state index in [-0.39, 0.29) is 5.91 Å². The molecule has 1 aromatic heterocycles. The number of carbonyl (C=O) groups is 1. The van der Waals surface area contributed by atoms with Gasteiger partial charge in [0, 0.05) is 31.2 Å². The van der Waals surface area contributed by atoms with E-state index in [1.54, 1.807) is 18.5 Å². The highest BCUT2D eigenvalue weighted by molar-refractivity contribution is 5.98. The molecule has 1 atom stereocenters. The highest BCUT2D eigenvalue weighted by Gasteiger charge is 2.22. The number of amides is 1. The fraction of sp³-hybridized carbons (Fsp3) is 0.571. The van der Waals surface area contributed by atoms with Crippen LogP contribution in [0.3, 0.4) is 0 Å². The number of aromatic nitrogens is 1. The second-order valence-corrected chi connectivity index (χ2v) is 4.96. The molecule has 2 N–H and O–H groups in total. The molecule has 2 rings (SSSR count). The summed E-state index contributed by atoms with van der Waals surface area (Å²) in [5, 5.41) is 0. The average Bonchev–Trinajstić information content (AvgIpc) is 2.63. The molecule has 4 heteroatoms. The lowest BCUT2D eigenvalue weighted by Crippen LogP contribution is -2.32. The van der Waals surface area contributed by atoms with Crippen molar-refractivity contribution in [3.05, 3.63) is 24.0 Å². The summed E-state index contributed by atoms with van der Waals surface area (Å²) in [5.41, 5.74) is 6.89. The van der Waals surface area contributed by atoms with Gasteiger partial charge in [-0.3, -0.25) is 9.78 Å². The maximum Gasteiger partial charge on any atom is 0.257 e. The second-order valence-electron chi connectivity index (χ2n) is 4.96. The number of rotatable bonds is 2. The first-order valence-electron chi connectivity index (χ1n) is 6.71. The van der Waals surface area contributed by atoms with Gasteiger partial charge in [-0.25, -0.2) is 0 Å². The van der Waals surface area contributed by atoms with E-state index in [0.717, 1.165) is 31.8 Å². The van der Waals surface area contributed by atoms with Gasteiger partial charge >= 0.3 is 0 Å². The van der Waals surface area contributed by atoms with E-state index in [4.69, 9.17) is 5.73 Å². The average molecular weight is 247 g/mol. The number of hydrogen-bond donors (Lipinski definition) is 1. The van der Waals surface area contributed by atoms with Crippen LogP contribution in [0.1, 0.15) is 43.0 Å². The van der Waals surface area contributed by atoms with Gasteiger partial charge in [0.15, 0.2) is 0 Å². The smallest absolute Gasteiger partial charge is 0.257 e. The van der Waals surface area contributed by atoms with Crippen LogP contribution in [0, 0.1) is 5.92 Å². The van der Waals surface area contributed by atoms with Gasteiger partial charge in [-0.15, -0.1) is 0 Å². The molecule has 0 bridgehead atoms. The van der Waals surface area contributed by atoms with E-state index in [0.29, 0.717) is 11.3 Å². The molecule has 0 aromatic carbocycles. The zero-order valence-corrected chi connectivity index (χ0v) is 10.9. The molecule has 1 aromatic rings. The van der Waals surface area contributed by atoms with Gasteiger partial charge in [0.25, 0.3) is 5.91 Å². The second kappa shape index (κ2) is 5.85. The van der Waals surface area contributed by atoms with Crippen molar-refractivity contribution < 1.29 is 4.79 Å². The molecule has 1 fully saturated rings. The summed E-state index contributed by atoms with van der Waals surface area (Å²) >= 11 is 0. The highest BCUT2D eigenvalue weighted by atomic mass is 16.2. The maximum absolute atomic E-state index is 12.4. The van der Waals surface area contributed by atoms with Crippen molar-refractivity contribution in [1.29, 1.82) is 0 Å². The van der Waals surface area contributed by atoms with Crippen LogP contribution in [0.15, 0.2) is 18.5 Å². The van der Waals surface area contributed by atoms with Crippen molar-refractivity contribution in [3.8, 4) is 0 Å². The molecule has 2 heterocycles. The van der Waals surface area contributed by atoms with E-state index in [2.05, 4.69) is 11.9 Å². The van der Waals surface area contributed by atoms with E-state index in [1.165, 1.54) is 12.8 Å². The molecule has 0 spiro atoms. The molecule has 4 nitrogen and oxygen atoms in total. The predicted octanol–water partition coefficient (Wildman–Crippen LogP) is 2.32. The Morgan fingerprint density at radius 1 is 1.50 bits per heavy atom. The monoisotopic (exact) mass is 247 g/mol. The Labute approximate surface area is 108 Å². The molecular weight excluding hydrogens is 226 g/mol. The standard InChI is InChI=1S/C14H21N3O/c1-2-11-4-3-8-17(9-6-11)14(18)12-10-16-7-5-13(12)15/h5,7,10-11H,2-4,6,8-9H2,1H3,(H2,15,16). The third kappa shape index (κ3) is 2.81. The van der Waals surface area contributed by atoms with E-state index in [9.17, 15) is 4.79 Å². The number of nitrogens with zero attached hydrogens (tertiary/aromatic N) is 2. The molecule has 1 aliphatic rings.